The van der Waals surface area contributed by atoms with Gasteiger partial charge in [-0.15, -0.1) is 0 Å². The maximum atomic E-state index is 14.9. The Morgan fingerprint density at radius 1 is 0.344 bits per heavy atom. The Kier molecular flexibility index (Phi) is 57.1. The average Bonchev–Trinajstić information content (AvgIpc) is 0.808. The standard InChI is InChI=1S/C84H163N5O31P2/c1-9-11-13-15-17-19-21-23-25-27-29-35-43-61(44-36-30-28-26-24-22-20-18-16-14-12-10-2)80(104)87(49-41-45-66(90)85-47-37-31-33-39-53-109-81-76(100)72(96)68(92)62(117-81)57-111-83-78(102)74(98)70(94)64(119-83)59-115-121(105,106)113-55-51-88(3,4)5)50-42-46-67(91)86-48-38-32-34-40-54-110-82-77(101)73(97)69(93)63(118-82)58-112-84-79(103)75(99)71(95)65(120-84)60-116-122(107,108)114-56-52-89(6,7)8/h61-65,68-79,81-84,92-103H,9-60H2,1-8H3,(H2-2,85,86,90,91,105,106,107,108)/t62-,63-,64-,65-,68+,69+,70+,71+,72+,73+,74+,75+,76-,77-,78-,79-,81-,82-,83-,84-/m1/s1. The molecular weight excluding hydrogens is 1640 g/mol. The van der Waals surface area contributed by atoms with Crippen LogP contribution in [0.4, 0.5) is 0 Å². The molecule has 3 amide bonds. The number of carbonyl (C=O) groups is 3. The number of carbonyl (C=O) groups excluding carboxylic acids is 3. The summed E-state index contributed by atoms with van der Waals surface area (Å²) in [5, 5.41) is 134. The van der Waals surface area contributed by atoms with E-state index in [1.54, 1.807) is 0 Å². The van der Waals surface area contributed by atoms with Gasteiger partial charge in [0.25, 0.3) is 15.6 Å². The van der Waals surface area contributed by atoms with Gasteiger partial charge >= 0.3 is 0 Å². The van der Waals surface area contributed by atoms with Crippen molar-refractivity contribution in [3.63, 3.8) is 0 Å². The Morgan fingerprint density at radius 3 is 0.918 bits per heavy atom. The Labute approximate surface area is 726 Å². The minimum Gasteiger partial charge on any atom is -0.756 e. The number of amides is 3. The second kappa shape index (κ2) is 62.2. The smallest absolute Gasteiger partial charge is 0.268 e. The van der Waals surface area contributed by atoms with Crippen LogP contribution in [-0.4, -0.2) is 350 Å². The Morgan fingerprint density at radius 2 is 0.615 bits per heavy atom. The zero-order valence-electron chi connectivity index (χ0n) is 74.8. The fourth-order valence-corrected chi connectivity index (χ4v) is 16.3. The summed E-state index contributed by atoms with van der Waals surface area (Å²) in [6.45, 7) is 3.65. The van der Waals surface area contributed by atoms with Gasteiger partial charge in [-0.05, 0) is 51.4 Å². The monoisotopic (exact) mass is 1800 g/mol. The summed E-state index contributed by atoms with van der Waals surface area (Å²) in [6, 6.07) is 0. The van der Waals surface area contributed by atoms with Gasteiger partial charge in [-0.25, -0.2) is 0 Å². The largest absolute Gasteiger partial charge is 0.756 e. The lowest BCUT2D eigenvalue weighted by Gasteiger charge is -2.43. The van der Waals surface area contributed by atoms with Crippen LogP contribution in [0.2, 0.25) is 0 Å². The molecule has 38 heteroatoms. The third-order valence-electron chi connectivity index (χ3n) is 22.8. The molecular formula is C84H163N5O31P2. The first-order valence-corrected chi connectivity index (χ1v) is 48.8. The predicted molar refractivity (Wildman–Crippen MR) is 448 cm³/mol. The summed E-state index contributed by atoms with van der Waals surface area (Å²) in [6.07, 6.45) is 3.71. The van der Waals surface area contributed by atoms with Gasteiger partial charge in [0.15, 0.2) is 25.2 Å². The molecule has 0 bridgehead atoms. The summed E-state index contributed by atoms with van der Waals surface area (Å²) in [5.74, 6) is -0.395. The molecule has 122 heavy (non-hydrogen) atoms. The van der Waals surface area contributed by atoms with Crippen LogP contribution in [-0.2, 0) is 79.5 Å². The van der Waals surface area contributed by atoms with Gasteiger partial charge in [0.2, 0.25) is 17.7 Å². The fourth-order valence-electron chi connectivity index (χ4n) is 14.9. The van der Waals surface area contributed by atoms with E-state index in [1.807, 2.05) is 47.2 Å². The lowest BCUT2D eigenvalue weighted by atomic mass is 9.92. The van der Waals surface area contributed by atoms with Crippen molar-refractivity contribution < 1.29 is 160 Å². The molecule has 4 heterocycles. The number of hydrogen-bond donors (Lipinski definition) is 14. The molecule has 0 spiro atoms. The lowest BCUT2D eigenvalue weighted by Crippen LogP contribution is -2.61. The van der Waals surface area contributed by atoms with Crippen molar-refractivity contribution in [1.29, 1.82) is 0 Å². The summed E-state index contributed by atoms with van der Waals surface area (Å²) in [7, 11) is 1.26. The number of aliphatic hydroxyl groups excluding tert-OH is 12. The number of rotatable bonds is 71. The van der Waals surface area contributed by atoms with Crippen LogP contribution in [0, 0.1) is 5.92 Å². The van der Waals surface area contributed by atoms with E-state index >= 15 is 0 Å². The van der Waals surface area contributed by atoms with E-state index in [0.29, 0.717) is 112 Å². The summed E-state index contributed by atoms with van der Waals surface area (Å²) in [5.41, 5.74) is 0. The van der Waals surface area contributed by atoms with Crippen molar-refractivity contribution in [2.24, 2.45) is 5.92 Å². The molecule has 2 unspecified atom stereocenters. The number of ether oxygens (including phenoxy) is 8. The first kappa shape index (κ1) is 112. The highest BCUT2D eigenvalue weighted by molar-refractivity contribution is 7.46. The van der Waals surface area contributed by atoms with Crippen molar-refractivity contribution in [1.82, 2.24) is 15.5 Å². The molecule has 0 aromatic carbocycles. The maximum absolute atomic E-state index is 14.9. The van der Waals surface area contributed by atoms with Gasteiger partial charge in [0.1, 0.15) is 124 Å². The minimum absolute atomic E-state index is 0.0771. The number of quaternary nitrogens is 2. The van der Waals surface area contributed by atoms with E-state index in [1.165, 1.54) is 116 Å². The van der Waals surface area contributed by atoms with Crippen molar-refractivity contribution in [3.05, 3.63) is 0 Å². The van der Waals surface area contributed by atoms with Crippen LogP contribution in [0.15, 0.2) is 0 Å². The topological polar surface area (TPSA) is 512 Å². The highest BCUT2D eigenvalue weighted by atomic mass is 31.2. The molecule has 0 aromatic rings. The van der Waals surface area contributed by atoms with Crippen molar-refractivity contribution in [3.8, 4) is 0 Å². The summed E-state index contributed by atoms with van der Waals surface area (Å²) < 4.78 is 90.7. The molecule has 4 fully saturated rings. The van der Waals surface area contributed by atoms with Crippen LogP contribution >= 0.6 is 15.6 Å². The van der Waals surface area contributed by atoms with Crippen LogP contribution < -0.4 is 20.4 Å². The number of aliphatic hydroxyl groups is 12. The number of phosphoric ester groups is 2. The number of likely N-dealkylation sites (N-methyl/N-ethyl adjacent to an activating group) is 2. The highest BCUT2D eigenvalue weighted by Gasteiger charge is 2.50. The molecule has 0 aromatic heterocycles. The van der Waals surface area contributed by atoms with Crippen LogP contribution in [0.25, 0.3) is 0 Å². The van der Waals surface area contributed by atoms with Gasteiger partial charge in [0.05, 0.1) is 68.7 Å². The van der Waals surface area contributed by atoms with Gasteiger partial charge < -0.3 is 152 Å². The quantitative estimate of drug-likeness (QED) is 0.0230. The number of phosphoric acid groups is 2. The molecule has 0 aliphatic carbocycles. The molecule has 4 rings (SSSR count). The Hall–Kier alpha value is -2.25. The van der Waals surface area contributed by atoms with E-state index in [4.69, 9.17) is 56.0 Å². The van der Waals surface area contributed by atoms with Gasteiger partial charge in [-0.2, -0.15) is 0 Å². The van der Waals surface area contributed by atoms with E-state index in [2.05, 4.69) is 24.5 Å². The Balaban J connectivity index is 1.25. The summed E-state index contributed by atoms with van der Waals surface area (Å²) in [4.78, 5) is 68.4. The van der Waals surface area contributed by atoms with Crippen LogP contribution in [0.1, 0.15) is 258 Å². The molecule has 4 saturated heterocycles. The average molecular weight is 1800 g/mol. The predicted octanol–water partition coefficient (Wildman–Crippen LogP) is 4.24. The zero-order valence-corrected chi connectivity index (χ0v) is 76.5. The molecule has 4 aliphatic rings. The first-order valence-electron chi connectivity index (χ1n) is 45.9. The van der Waals surface area contributed by atoms with E-state index in [0.717, 1.165) is 51.4 Å². The lowest BCUT2D eigenvalue weighted by molar-refractivity contribution is -0.870. The molecule has 0 saturated carbocycles. The van der Waals surface area contributed by atoms with Crippen molar-refractivity contribution in [2.45, 2.75) is 381 Å². The Bertz CT molecular complexity index is 2660. The number of hydrogen-bond acceptors (Lipinski definition) is 31. The summed E-state index contributed by atoms with van der Waals surface area (Å²) >= 11 is 0. The van der Waals surface area contributed by atoms with E-state index < -0.39 is 165 Å². The van der Waals surface area contributed by atoms with Gasteiger partial charge in [-0.1, -0.05) is 194 Å². The SMILES string of the molecule is CCCCCCCCCCCCCCC(CCCCCCCCCCCCCC)C(=O)N(CCCC(=O)NCCCCCCO[C@@H]1O[C@H](CO[C@@H]2O[C@H](COP(=O)([O-])OCC[N+](C)(C)C)[C@H](O)[C@H](O)[C@H]2O)[C@H](O)[C@H](O)[C@H]1O)CCCC(=O)NCCCCCCO[C@@H]1O[C@H](CO[C@@H]2O[C@H](COP(=O)([O-])OCC[N+](C)(C)C)[C@H](O)[C@H](O)[C@H]2O)[C@H](O)[C@H](O)[C@H]1O. The van der Waals surface area contributed by atoms with Gasteiger partial charge in [-0.3, -0.25) is 23.5 Å². The first-order chi connectivity index (χ1) is 58.0. The fraction of sp³-hybridized carbons (Fsp3) is 0.964. The van der Waals surface area contributed by atoms with E-state index in [-0.39, 0.29) is 62.9 Å². The molecule has 36 nitrogen and oxygen atoms in total. The molecule has 22 atom stereocenters. The number of nitrogens with one attached hydrogen (secondary N) is 2. The van der Waals surface area contributed by atoms with E-state index in [9.17, 15) is 94.6 Å². The van der Waals surface area contributed by atoms with Gasteiger partial charge in [0, 0.05) is 58.2 Å². The minimum atomic E-state index is -4.87. The van der Waals surface area contributed by atoms with Crippen LogP contribution in [0.3, 0.4) is 0 Å². The second-order valence-corrected chi connectivity index (χ2v) is 38.6. The molecule has 720 valence electrons. The highest BCUT2D eigenvalue weighted by Crippen LogP contribution is 2.41. The normalized spacial score (nSPS) is 28.3. The third kappa shape index (κ3) is 46.5. The van der Waals surface area contributed by atoms with Crippen LogP contribution in [0.5, 0.6) is 0 Å². The van der Waals surface area contributed by atoms with Crippen molar-refractivity contribution >= 4 is 33.4 Å². The maximum Gasteiger partial charge on any atom is 0.268 e. The molecule has 0 radical (unpaired) electrons. The zero-order chi connectivity index (χ0) is 90.1. The second-order valence-electron chi connectivity index (χ2n) is 35.8. The molecule has 4 aliphatic heterocycles. The number of unbranched alkanes of at least 4 members (excludes halogenated alkanes) is 28. The third-order valence-corrected chi connectivity index (χ3v) is 24.8. The van der Waals surface area contributed by atoms with Crippen molar-refractivity contribution in [2.75, 3.05) is 134 Å². The molecule has 14 N–H and O–H groups in total. The number of nitrogens with zero attached hydrogens (tertiary/aromatic N) is 3.